The van der Waals surface area contributed by atoms with Crippen LogP contribution in [0.3, 0.4) is 0 Å². The van der Waals surface area contributed by atoms with E-state index in [4.69, 9.17) is 4.74 Å². The Morgan fingerprint density at radius 1 is 1.32 bits per heavy atom. The van der Waals surface area contributed by atoms with Gasteiger partial charge in [-0.1, -0.05) is 0 Å². The molecule has 0 aliphatic rings. The Morgan fingerprint density at radius 2 is 2.05 bits per heavy atom. The third-order valence-corrected chi connectivity index (χ3v) is 3.11. The van der Waals surface area contributed by atoms with Gasteiger partial charge in [0.2, 0.25) is 5.13 Å². The fourth-order valence-corrected chi connectivity index (χ4v) is 2.11. The summed E-state index contributed by atoms with van der Waals surface area (Å²) in [7, 11) is 0. The van der Waals surface area contributed by atoms with Gasteiger partial charge in [0.05, 0.1) is 18.0 Å². The number of hydrogen-bond acceptors (Lipinski definition) is 5. The zero-order valence-electron chi connectivity index (χ0n) is 11.3. The van der Waals surface area contributed by atoms with Crippen molar-refractivity contribution < 1.29 is 4.74 Å². The normalized spacial score (nSPS) is 11.2. The van der Waals surface area contributed by atoms with E-state index >= 15 is 0 Å². The number of rotatable bonds is 5. The van der Waals surface area contributed by atoms with Gasteiger partial charge in [-0.25, -0.2) is 4.98 Å². The first-order chi connectivity index (χ1) is 9.13. The first-order valence-corrected chi connectivity index (χ1v) is 6.99. The first-order valence-electron chi connectivity index (χ1n) is 6.11. The largest absolute Gasteiger partial charge is 0.491 e. The van der Waals surface area contributed by atoms with E-state index in [0.717, 1.165) is 22.1 Å². The zero-order valence-corrected chi connectivity index (χ0v) is 12.1. The summed E-state index contributed by atoms with van der Waals surface area (Å²) >= 11 is 1.54. The van der Waals surface area contributed by atoms with Gasteiger partial charge >= 0.3 is 0 Å². The lowest BCUT2D eigenvalue weighted by Crippen LogP contribution is -2.05. The van der Waals surface area contributed by atoms with Crippen LogP contribution in [0.15, 0.2) is 34.7 Å². The van der Waals surface area contributed by atoms with E-state index in [0.29, 0.717) is 0 Å². The summed E-state index contributed by atoms with van der Waals surface area (Å²) in [6.07, 6.45) is 1.95. The Balaban J connectivity index is 1.92. The van der Waals surface area contributed by atoms with Crippen molar-refractivity contribution in [2.45, 2.75) is 26.9 Å². The molecule has 4 nitrogen and oxygen atoms in total. The van der Waals surface area contributed by atoms with Gasteiger partial charge in [-0.2, -0.15) is 5.10 Å². The Morgan fingerprint density at radius 3 is 2.63 bits per heavy atom. The van der Waals surface area contributed by atoms with Crippen LogP contribution in [-0.4, -0.2) is 17.3 Å². The minimum atomic E-state index is 0.189. The van der Waals surface area contributed by atoms with Crippen LogP contribution in [0.4, 0.5) is 5.13 Å². The summed E-state index contributed by atoms with van der Waals surface area (Å²) in [6, 6.07) is 7.82. The minimum Gasteiger partial charge on any atom is -0.491 e. The third-order valence-electron chi connectivity index (χ3n) is 2.24. The van der Waals surface area contributed by atoms with Crippen LogP contribution < -0.4 is 10.2 Å². The molecule has 0 saturated heterocycles. The van der Waals surface area contributed by atoms with Crippen molar-refractivity contribution >= 4 is 22.7 Å². The molecule has 0 bridgehead atoms. The van der Waals surface area contributed by atoms with E-state index in [1.165, 1.54) is 11.3 Å². The lowest BCUT2D eigenvalue weighted by atomic mass is 10.2. The highest BCUT2D eigenvalue weighted by atomic mass is 32.1. The van der Waals surface area contributed by atoms with Crippen LogP contribution in [0.1, 0.15) is 25.1 Å². The molecule has 5 heteroatoms. The van der Waals surface area contributed by atoms with E-state index in [-0.39, 0.29) is 6.10 Å². The van der Waals surface area contributed by atoms with Gasteiger partial charge in [0.1, 0.15) is 5.75 Å². The molecule has 19 heavy (non-hydrogen) atoms. The predicted octanol–water partition coefficient (Wildman–Crippen LogP) is 3.68. The number of hydrazone groups is 1. The topological polar surface area (TPSA) is 46.5 Å². The number of thiazole rings is 1. The smallest absolute Gasteiger partial charge is 0.203 e. The number of anilines is 1. The van der Waals surface area contributed by atoms with Crippen LogP contribution in [0.25, 0.3) is 0 Å². The number of nitrogens with one attached hydrogen (secondary N) is 1. The summed E-state index contributed by atoms with van der Waals surface area (Å²) in [5.41, 5.74) is 4.92. The van der Waals surface area contributed by atoms with Crippen molar-refractivity contribution in [2.24, 2.45) is 5.10 Å². The van der Waals surface area contributed by atoms with E-state index in [9.17, 15) is 0 Å². The van der Waals surface area contributed by atoms with Gasteiger partial charge in [-0.05, 0) is 50.6 Å². The van der Waals surface area contributed by atoms with Gasteiger partial charge in [-0.15, -0.1) is 11.3 Å². The number of hydrogen-bond donors (Lipinski definition) is 1. The summed E-state index contributed by atoms with van der Waals surface area (Å²) in [6.45, 7) is 5.98. The maximum absolute atomic E-state index is 5.58. The molecule has 1 aromatic carbocycles. The standard InChI is InChI=1S/C14H17N3OS/c1-10(2)18-13-6-4-12(5-7-13)8-15-17-14-16-11(3)9-19-14/h4-10H,1-3H3,(H,16,17)/b15-8+. The first kappa shape index (κ1) is 13.5. The van der Waals surface area contributed by atoms with Gasteiger partial charge in [0.15, 0.2) is 0 Å². The van der Waals surface area contributed by atoms with Crippen LogP contribution in [0, 0.1) is 6.92 Å². The Kier molecular flexibility index (Phi) is 4.52. The molecule has 0 unspecified atom stereocenters. The molecule has 0 atom stereocenters. The molecule has 1 aromatic heterocycles. The summed E-state index contributed by atoms with van der Waals surface area (Å²) in [5.74, 6) is 0.871. The number of aromatic nitrogens is 1. The molecular weight excluding hydrogens is 258 g/mol. The van der Waals surface area contributed by atoms with Crippen molar-refractivity contribution in [1.82, 2.24) is 4.98 Å². The van der Waals surface area contributed by atoms with Crippen molar-refractivity contribution in [3.63, 3.8) is 0 Å². The highest BCUT2D eigenvalue weighted by molar-refractivity contribution is 7.13. The number of ether oxygens (including phenoxy) is 1. The fraction of sp³-hybridized carbons (Fsp3) is 0.286. The SMILES string of the molecule is Cc1csc(N/N=C/c2ccc(OC(C)C)cc2)n1. The average Bonchev–Trinajstić information content (AvgIpc) is 2.77. The molecule has 0 spiro atoms. The van der Waals surface area contributed by atoms with Crippen LogP contribution in [0.5, 0.6) is 5.75 Å². The van der Waals surface area contributed by atoms with Gasteiger partial charge in [0.25, 0.3) is 0 Å². The van der Waals surface area contributed by atoms with E-state index < -0.39 is 0 Å². The van der Waals surface area contributed by atoms with Gasteiger partial charge in [-0.3, -0.25) is 5.43 Å². The lowest BCUT2D eigenvalue weighted by molar-refractivity contribution is 0.242. The van der Waals surface area contributed by atoms with Crippen molar-refractivity contribution in [3.8, 4) is 5.75 Å². The molecule has 0 aliphatic carbocycles. The maximum atomic E-state index is 5.58. The molecule has 0 aliphatic heterocycles. The molecule has 0 fully saturated rings. The quantitative estimate of drug-likeness (QED) is 0.668. The van der Waals surface area contributed by atoms with E-state index in [2.05, 4.69) is 15.5 Å². The maximum Gasteiger partial charge on any atom is 0.203 e. The van der Waals surface area contributed by atoms with Crippen LogP contribution in [-0.2, 0) is 0 Å². The molecule has 2 aromatic rings. The second kappa shape index (κ2) is 6.33. The third kappa shape index (κ3) is 4.37. The summed E-state index contributed by atoms with van der Waals surface area (Å²) in [4.78, 5) is 4.26. The van der Waals surface area contributed by atoms with E-state index in [1.807, 2.05) is 50.4 Å². The van der Waals surface area contributed by atoms with Gasteiger partial charge < -0.3 is 4.74 Å². The van der Waals surface area contributed by atoms with Gasteiger partial charge in [0, 0.05) is 5.38 Å². The van der Waals surface area contributed by atoms with Crippen LogP contribution >= 0.6 is 11.3 Å². The zero-order chi connectivity index (χ0) is 13.7. The molecule has 0 saturated carbocycles. The Labute approximate surface area is 117 Å². The average molecular weight is 275 g/mol. The van der Waals surface area contributed by atoms with Crippen molar-refractivity contribution in [2.75, 3.05) is 5.43 Å². The second-order valence-corrected chi connectivity index (χ2v) is 5.26. The molecule has 100 valence electrons. The number of nitrogens with zero attached hydrogens (tertiary/aromatic N) is 2. The molecule has 0 amide bonds. The molecule has 0 radical (unpaired) electrons. The molecule has 1 N–H and O–H groups in total. The van der Waals surface area contributed by atoms with E-state index in [1.54, 1.807) is 6.21 Å². The number of aryl methyl sites for hydroxylation is 1. The summed E-state index contributed by atoms with van der Waals surface area (Å²) < 4.78 is 5.58. The summed E-state index contributed by atoms with van der Waals surface area (Å²) in [5, 5.41) is 6.93. The molecular formula is C14H17N3OS. The highest BCUT2D eigenvalue weighted by Crippen LogP contribution is 2.15. The van der Waals surface area contributed by atoms with Crippen molar-refractivity contribution in [1.29, 1.82) is 0 Å². The minimum absolute atomic E-state index is 0.189. The van der Waals surface area contributed by atoms with Crippen molar-refractivity contribution in [3.05, 3.63) is 40.9 Å². The lowest BCUT2D eigenvalue weighted by Gasteiger charge is -2.08. The molecule has 2 rings (SSSR count). The molecule has 1 heterocycles. The Hall–Kier alpha value is -1.88. The monoisotopic (exact) mass is 275 g/mol. The fourth-order valence-electron chi connectivity index (χ4n) is 1.47. The highest BCUT2D eigenvalue weighted by Gasteiger charge is 1.97. The Bertz CT molecular complexity index is 546. The number of benzene rings is 1. The van der Waals surface area contributed by atoms with Crippen LogP contribution in [0.2, 0.25) is 0 Å². The predicted molar refractivity (Wildman–Crippen MR) is 80.3 cm³/mol. The second-order valence-electron chi connectivity index (χ2n) is 4.40.